The van der Waals surface area contributed by atoms with E-state index >= 15 is 0 Å². The second-order valence-electron chi connectivity index (χ2n) is 3.99. The lowest BCUT2D eigenvalue weighted by Crippen LogP contribution is -2.19. The van der Waals surface area contributed by atoms with Crippen LogP contribution in [-0.4, -0.2) is 40.3 Å². The predicted octanol–water partition coefficient (Wildman–Crippen LogP) is 0.602. The van der Waals surface area contributed by atoms with Gasteiger partial charge in [0, 0.05) is 5.75 Å². The molecule has 0 aliphatic heterocycles. The van der Waals surface area contributed by atoms with Crippen molar-refractivity contribution >= 4 is 29.0 Å². The minimum atomic E-state index is -0.785. The van der Waals surface area contributed by atoms with Crippen LogP contribution in [0, 0.1) is 6.92 Å². The molecule has 5 nitrogen and oxygen atoms in total. The van der Waals surface area contributed by atoms with Gasteiger partial charge in [-0.25, -0.2) is 0 Å². The summed E-state index contributed by atoms with van der Waals surface area (Å²) < 4.78 is 0. The van der Waals surface area contributed by atoms with Crippen molar-refractivity contribution in [3.05, 3.63) is 23.8 Å². The van der Waals surface area contributed by atoms with Gasteiger partial charge in [-0.05, 0) is 24.6 Å². The van der Waals surface area contributed by atoms with Crippen molar-refractivity contribution < 1.29 is 15.0 Å². The zero-order chi connectivity index (χ0) is 13.5. The van der Waals surface area contributed by atoms with Crippen molar-refractivity contribution in [2.45, 2.75) is 13.0 Å². The Labute approximate surface area is 110 Å². The first kappa shape index (κ1) is 14.8. The Morgan fingerprint density at radius 3 is 2.89 bits per heavy atom. The molecule has 0 aromatic heterocycles. The summed E-state index contributed by atoms with van der Waals surface area (Å²) in [6.07, 6.45) is -0.785. The number of thioether (sulfide) groups is 1. The fourth-order valence-corrected chi connectivity index (χ4v) is 2.08. The topological polar surface area (TPSA) is 95.6 Å². The molecule has 100 valence electrons. The van der Waals surface area contributed by atoms with Crippen molar-refractivity contribution in [3.8, 4) is 0 Å². The Bertz CT molecular complexity index is 412. The summed E-state index contributed by atoms with van der Waals surface area (Å²) in [6.45, 7) is 1.63. The SMILES string of the molecule is Cc1ccc(NC(=O)CSCC(O)CO)c(N)c1. The molecule has 0 heterocycles. The van der Waals surface area contributed by atoms with E-state index in [4.69, 9.17) is 15.9 Å². The van der Waals surface area contributed by atoms with Crippen LogP contribution in [0.4, 0.5) is 11.4 Å². The third-order valence-electron chi connectivity index (χ3n) is 2.24. The van der Waals surface area contributed by atoms with Crippen LogP contribution in [-0.2, 0) is 4.79 Å². The first-order valence-electron chi connectivity index (χ1n) is 5.55. The number of anilines is 2. The molecular weight excluding hydrogens is 252 g/mol. The summed E-state index contributed by atoms with van der Waals surface area (Å²) in [7, 11) is 0. The van der Waals surface area contributed by atoms with E-state index in [1.54, 1.807) is 12.1 Å². The molecular formula is C12H18N2O3S. The van der Waals surface area contributed by atoms with Crippen LogP contribution in [0.25, 0.3) is 0 Å². The lowest BCUT2D eigenvalue weighted by Gasteiger charge is -2.09. The van der Waals surface area contributed by atoms with Crippen molar-refractivity contribution in [1.29, 1.82) is 0 Å². The Kier molecular flexibility index (Phi) is 5.97. The Morgan fingerprint density at radius 1 is 1.56 bits per heavy atom. The zero-order valence-electron chi connectivity index (χ0n) is 10.2. The highest BCUT2D eigenvalue weighted by Crippen LogP contribution is 2.19. The first-order valence-corrected chi connectivity index (χ1v) is 6.71. The van der Waals surface area contributed by atoms with Crippen molar-refractivity contribution in [3.63, 3.8) is 0 Å². The lowest BCUT2D eigenvalue weighted by molar-refractivity contribution is -0.113. The molecule has 0 aliphatic carbocycles. The molecule has 1 rings (SSSR count). The number of aliphatic hydroxyl groups is 2. The standard InChI is InChI=1S/C12H18N2O3S/c1-8-2-3-11(10(13)4-8)14-12(17)7-18-6-9(16)5-15/h2-4,9,15-16H,5-7,13H2,1H3,(H,14,17). The summed E-state index contributed by atoms with van der Waals surface area (Å²) in [4.78, 5) is 11.6. The maximum absolute atomic E-state index is 11.6. The number of benzene rings is 1. The number of hydrogen-bond acceptors (Lipinski definition) is 5. The molecule has 1 aromatic carbocycles. The summed E-state index contributed by atoms with van der Waals surface area (Å²) in [5.74, 6) is 0.359. The van der Waals surface area contributed by atoms with Crippen LogP contribution in [0.5, 0.6) is 0 Å². The number of hydrogen-bond donors (Lipinski definition) is 4. The summed E-state index contributed by atoms with van der Waals surface area (Å²) in [5.41, 5.74) is 7.93. The average molecular weight is 270 g/mol. The largest absolute Gasteiger partial charge is 0.397 e. The maximum Gasteiger partial charge on any atom is 0.234 e. The van der Waals surface area contributed by atoms with E-state index in [0.29, 0.717) is 17.1 Å². The molecule has 0 saturated carbocycles. The van der Waals surface area contributed by atoms with Crippen molar-refractivity contribution in [2.24, 2.45) is 0 Å². The van der Waals surface area contributed by atoms with E-state index in [-0.39, 0.29) is 18.3 Å². The first-order chi connectivity index (χ1) is 8.52. The molecule has 18 heavy (non-hydrogen) atoms. The van der Waals surface area contributed by atoms with Gasteiger partial charge in [0.25, 0.3) is 0 Å². The molecule has 1 atom stereocenters. The van der Waals surface area contributed by atoms with Gasteiger partial charge >= 0.3 is 0 Å². The molecule has 5 N–H and O–H groups in total. The monoisotopic (exact) mass is 270 g/mol. The number of nitrogens with one attached hydrogen (secondary N) is 1. The zero-order valence-corrected chi connectivity index (χ0v) is 11.0. The van der Waals surface area contributed by atoms with E-state index in [1.807, 2.05) is 13.0 Å². The van der Waals surface area contributed by atoms with Gasteiger partial charge in [0.2, 0.25) is 5.91 Å². The summed E-state index contributed by atoms with van der Waals surface area (Å²) in [5, 5.41) is 20.4. The summed E-state index contributed by atoms with van der Waals surface area (Å²) >= 11 is 1.26. The van der Waals surface area contributed by atoms with Crippen LogP contribution in [0.2, 0.25) is 0 Å². The Hall–Kier alpha value is -1.24. The van der Waals surface area contributed by atoms with E-state index in [1.165, 1.54) is 11.8 Å². The quantitative estimate of drug-likeness (QED) is 0.568. The van der Waals surface area contributed by atoms with Gasteiger partial charge in [0.1, 0.15) is 0 Å². The predicted molar refractivity (Wildman–Crippen MR) is 74.6 cm³/mol. The van der Waals surface area contributed by atoms with Crippen LogP contribution in [0.15, 0.2) is 18.2 Å². The van der Waals surface area contributed by atoms with E-state index in [0.717, 1.165) is 5.56 Å². The summed E-state index contributed by atoms with van der Waals surface area (Å²) in [6, 6.07) is 5.42. The van der Waals surface area contributed by atoms with Crippen molar-refractivity contribution in [2.75, 3.05) is 29.2 Å². The highest BCUT2D eigenvalue weighted by Gasteiger charge is 2.07. The molecule has 0 radical (unpaired) electrons. The number of carbonyl (C=O) groups excluding carboxylic acids is 1. The maximum atomic E-state index is 11.6. The number of nitrogen functional groups attached to an aromatic ring is 1. The van der Waals surface area contributed by atoms with Gasteiger partial charge in [0.05, 0.1) is 29.8 Å². The van der Waals surface area contributed by atoms with Crippen molar-refractivity contribution in [1.82, 2.24) is 0 Å². The van der Waals surface area contributed by atoms with Gasteiger partial charge in [-0.2, -0.15) is 0 Å². The van der Waals surface area contributed by atoms with Gasteiger partial charge in [-0.15, -0.1) is 11.8 Å². The average Bonchev–Trinajstić information content (AvgIpc) is 2.32. The minimum absolute atomic E-state index is 0.180. The van der Waals surface area contributed by atoms with Gasteiger partial charge < -0.3 is 21.3 Å². The second-order valence-corrected chi connectivity index (χ2v) is 5.02. The molecule has 0 spiro atoms. The fourth-order valence-electron chi connectivity index (χ4n) is 1.32. The minimum Gasteiger partial charge on any atom is -0.397 e. The lowest BCUT2D eigenvalue weighted by atomic mass is 10.2. The number of aryl methyl sites for hydroxylation is 1. The van der Waals surface area contributed by atoms with Crippen LogP contribution >= 0.6 is 11.8 Å². The second kappa shape index (κ2) is 7.25. The molecule has 0 saturated heterocycles. The molecule has 0 aliphatic rings. The molecule has 0 bridgehead atoms. The third kappa shape index (κ3) is 4.95. The molecule has 1 aromatic rings. The molecule has 0 fully saturated rings. The highest BCUT2D eigenvalue weighted by atomic mass is 32.2. The number of aliphatic hydroxyl groups excluding tert-OH is 2. The number of nitrogens with two attached hydrogens (primary N) is 1. The van der Waals surface area contributed by atoms with Crippen LogP contribution < -0.4 is 11.1 Å². The fraction of sp³-hybridized carbons (Fsp3) is 0.417. The van der Waals surface area contributed by atoms with Gasteiger partial charge in [-0.1, -0.05) is 6.07 Å². The van der Waals surface area contributed by atoms with Crippen LogP contribution in [0.1, 0.15) is 5.56 Å². The van der Waals surface area contributed by atoms with Crippen LogP contribution in [0.3, 0.4) is 0 Å². The Balaban J connectivity index is 2.40. The molecule has 1 unspecified atom stereocenters. The van der Waals surface area contributed by atoms with Gasteiger partial charge in [-0.3, -0.25) is 4.79 Å². The van der Waals surface area contributed by atoms with Gasteiger partial charge in [0.15, 0.2) is 0 Å². The molecule has 1 amide bonds. The number of rotatable bonds is 6. The third-order valence-corrected chi connectivity index (χ3v) is 3.32. The molecule has 6 heteroatoms. The highest BCUT2D eigenvalue weighted by molar-refractivity contribution is 8.00. The number of carbonyl (C=O) groups is 1. The smallest absolute Gasteiger partial charge is 0.234 e. The van der Waals surface area contributed by atoms with E-state index < -0.39 is 6.10 Å². The van der Waals surface area contributed by atoms with E-state index in [2.05, 4.69) is 5.32 Å². The number of amides is 1. The van der Waals surface area contributed by atoms with E-state index in [9.17, 15) is 4.79 Å². The Morgan fingerprint density at radius 2 is 2.28 bits per heavy atom. The normalized spacial score (nSPS) is 12.2.